The van der Waals surface area contributed by atoms with Crippen molar-refractivity contribution in [3.05, 3.63) is 58.4 Å². The number of esters is 1. The number of nitrogens with zero attached hydrogens (tertiary/aromatic N) is 2. The van der Waals surface area contributed by atoms with Crippen LogP contribution in [0.1, 0.15) is 29.6 Å². The highest BCUT2D eigenvalue weighted by molar-refractivity contribution is 6.06. The van der Waals surface area contributed by atoms with E-state index in [4.69, 9.17) is 4.74 Å². The number of piperazine rings is 1. The van der Waals surface area contributed by atoms with Gasteiger partial charge < -0.3 is 19.5 Å². The summed E-state index contributed by atoms with van der Waals surface area (Å²) < 4.78 is 4.91. The fourth-order valence-corrected chi connectivity index (χ4v) is 5.38. The molecule has 1 N–H and O–H groups in total. The van der Waals surface area contributed by atoms with Crippen LogP contribution in [0.4, 0.5) is 0 Å². The number of H-pyrrole nitrogens is 1. The average Bonchev–Trinajstić information content (AvgIpc) is 2.82. The Morgan fingerprint density at radius 1 is 1.03 bits per heavy atom. The number of fused-ring (bicyclic) bond motifs is 3. The predicted octanol–water partition coefficient (Wildman–Crippen LogP) is 1.71. The molecule has 4 unspecified atom stereocenters. The predicted molar refractivity (Wildman–Crippen MR) is 117 cm³/mol. The number of pyridine rings is 1. The molecule has 1 aromatic heterocycles. The molecule has 1 aromatic carbocycles. The van der Waals surface area contributed by atoms with Gasteiger partial charge in [-0.2, -0.15) is 0 Å². The van der Waals surface area contributed by atoms with Crippen LogP contribution in [0.15, 0.2) is 47.3 Å². The van der Waals surface area contributed by atoms with Crippen LogP contribution in [0.2, 0.25) is 0 Å². The van der Waals surface area contributed by atoms with E-state index < -0.39 is 11.8 Å². The van der Waals surface area contributed by atoms with Crippen LogP contribution in [-0.4, -0.2) is 64.9 Å². The molecule has 3 aliphatic heterocycles. The van der Waals surface area contributed by atoms with E-state index in [1.54, 1.807) is 11.0 Å². The minimum Gasteiger partial charge on any atom is -0.469 e. The largest absolute Gasteiger partial charge is 0.469 e. The van der Waals surface area contributed by atoms with Crippen LogP contribution in [-0.2, 0) is 14.3 Å². The Labute approximate surface area is 184 Å². The lowest BCUT2D eigenvalue weighted by molar-refractivity contribution is -0.164. The van der Waals surface area contributed by atoms with Crippen LogP contribution < -0.4 is 5.56 Å². The number of carbonyl (C=O) groups is 3. The van der Waals surface area contributed by atoms with E-state index in [9.17, 15) is 19.2 Å². The van der Waals surface area contributed by atoms with Gasteiger partial charge in [0.2, 0.25) is 11.5 Å². The normalized spacial score (nSPS) is 26.5. The highest BCUT2D eigenvalue weighted by Crippen LogP contribution is 2.38. The fourth-order valence-electron chi connectivity index (χ4n) is 5.38. The van der Waals surface area contributed by atoms with Gasteiger partial charge in [-0.1, -0.05) is 30.4 Å². The average molecular weight is 435 g/mol. The lowest BCUT2D eigenvalue weighted by atomic mass is 9.78. The quantitative estimate of drug-likeness (QED) is 0.585. The summed E-state index contributed by atoms with van der Waals surface area (Å²) >= 11 is 0. The SMILES string of the molecule is COC(=O)C1CC=CCC1C(=O)N1C2CC1CN(C(=O)c1cc(=O)[nH]c3ccccc13)C2. The molecule has 2 amide bonds. The minimum absolute atomic E-state index is 0.0281. The van der Waals surface area contributed by atoms with Crippen molar-refractivity contribution in [3.8, 4) is 0 Å². The topological polar surface area (TPSA) is 99.8 Å². The maximum absolute atomic E-state index is 13.3. The van der Waals surface area contributed by atoms with Crippen LogP contribution >= 0.6 is 0 Å². The van der Waals surface area contributed by atoms with Gasteiger partial charge in [0.05, 0.1) is 36.6 Å². The molecular weight excluding hydrogens is 410 g/mol. The molecule has 4 heterocycles. The first-order chi connectivity index (χ1) is 15.5. The van der Waals surface area contributed by atoms with Gasteiger partial charge in [0, 0.05) is 30.1 Å². The first kappa shape index (κ1) is 20.5. The molecule has 0 spiro atoms. The molecule has 2 bridgehead atoms. The molecule has 4 atom stereocenters. The van der Waals surface area contributed by atoms with E-state index in [-0.39, 0.29) is 35.4 Å². The highest BCUT2D eigenvalue weighted by atomic mass is 16.5. The molecular formula is C24H25N3O5. The van der Waals surface area contributed by atoms with Crippen molar-refractivity contribution in [2.24, 2.45) is 11.8 Å². The smallest absolute Gasteiger partial charge is 0.309 e. The Balaban J connectivity index is 1.34. The standard InChI is InChI=1S/C24H25N3O5/c1-32-24(31)18-8-3-2-7-17(18)23(30)27-14-10-15(27)13-26(12-14)22(29)19-11-21(28)25-20-9-5-4-6-16(19)20/h2-6,9,11,14-15,17-18H,7-8,10,12-13H2,1H3,(H,25,28). The van der Waals surface area contributed by atoms with Crippen molar-refractivity contribution in [1.29, 1.82) is 0 Å². The summed E-state index contributed by atoms with van der Waals surface area (Å²) in [6.45, 7) is 0.849. The third kappa shape index (κ3) is 3.30. The van der Waals surface area contributed by atoms with Crippen LogP contribution in [0, 0.1) is 11.8 Å². The number of methoxy groups -OCH3 is 1. The summed E-state index contributed by atoms with van der Waals surface area (Å²) in [5, 5.41) is 0.708. The van der Waals surface area contributed by atoms with Gasteiger partial charge in [0.15, 0.2) is 0 Å². The van der Waals surface area contributed by atoms with Crippen LogP contribution in [0.25, 0.3) is 10.9 Å². The van der Waals surface area contributed by atoms with E-state index in [0.717, 1.165) is 6.42 Å². The van der Waals surface area contributed by atoms with Crippen LogP contribution in [0.5, 0.6) is 0 Å². The second-order valence-corrected chi connectivity index (χ2v) is 8.77. The van der Waals surface area contributed by atoms with Crippen molar-refractivity contribution >= 4 is 28.7 Å². The molecule has 3 fully saturated rings. The molecule has 166 valence electrons. The number of aromatic nitrogens is 1. The number of benzene rings is 1. The number of allylic oxidation sites excluding steroid dienone is 2. The van der Waals surface area contributed by atoms with E-state index in [1.165, 1.54) is 13.2 Å². The van der Waals surface area contributed by atoms with Gasteiger partial charge in [-0.3, -0.25) is 19.2 Å². The first-order valence-corrected chi connectivity index (χ1v) is 10.9. The van der Waals surface area contributed by atoms with E-state index in [0.29, 0.717) is 42.4 Å². The number of hydrogen-bond donors (Lipinski definition) is 1. The molecule has 1 aliphatic carbocycles. The van der Waals surface area contributed by atoms with Crippen molar-refractivity contribution in [3.63, 3.8) is 0 Å². The zero-order valence-electron chi connectivity index (χ0n) is 17.8. The fraction of sp³-hybridized carbons (Fsp3) is 0.417. The number of para-hydroxylation sites is 1. The Bertz CT molecular complexity index is 1170. The second kappa shape index (κ2) is 7.93. The summed E-state index contributed by atoms with van der Waals surface area (Å²) in [6, 6.07) is 8.46. The van der Waals surface area contributed by atoms with Crippen molar-refractivity contribution < 1.29 is 19.1 Å². The number of aromatic amines is 1. The highest BCUT2D eigenvalue weighted by Gasteiger charge is 2.51. The molecule has 4 aliphatic rings. The van der Waals surface area contributed by atoms with Crippen LogP contribution in [0.3, 0.4) is 0 Å². The molecule has 3 saturated heterocycles. The summed E-state index contributed by atoms with van der Waals surface area (Å²) in [6.07, 6.45) is 5.75. The number of nitrogens with one attached hydrogen (secondary N) is 1. The number of hydrogen-bond acceptors (Lipinski definition) is 5. The zero-order chi connectivity index (χ0) is 22.4. The maximum atomic E-state index is 13.3. The monoisotopic (exact) mass is 435 g/mol. The van der Waals surface area contributed by atoms with Gasteiger partial charge in [-0.05, 0) is 25.3 Å². The molecule has 8 heteroatoms. The van der Waals surface area contributed by atoms with Gasteiger partial charge in [0.25, 0.3) is 5.91 Å². The second-order valence-electron chi connectivity index (χ2n) is 8.77. The molecule has 0 saturated carbocycles. The summed E-state index contributed by atoms with van der Waals surface area (Å²) in [5.74, 6) is -1.45. The summed E-state index contributed by atoms with van der Waals surface area (Å²) in [7, 11) is 1.35. The van der Waals surface area contributed by atoms with Crippen molar-refractivity contribution in [2.75, 3.05) is 20.2 Å². The van der Waals surface area contributed by atoms with Gasteiger partial charge in [-0.15, -0.1) is 0 Å². The Morgan fingerprint density at radius 2 is 1.72 bits per heavy atom. The third-order valence-electron chi connectivity index (χ3n) is 6.97. The van der Waals surface area contributed by atoms with Crippen molar-refractivity contribution in [1.82, 2.24) is 14.8 Å². The lowest BCUT2D eigenvalue weighted by Gasteiger charge is -2.57. The molecule has 0 radical (unpaired) electrons. The molecule has 32 heavy (non-hydrogen) atoms. The maximum Gasteiger partial charge on any atom is 0.309 e. The van der Waals surface area contributed by atoms with Gasteiger partial charge >= 0.3 is 5.97 Å². The number of carbonyl (C=O) groups excluding carboxylic acids is 3. The Morgan fingerprint density at radius 3 is 2.44 bits per heavy atom. The van der Waals surface area contributed by atoms with E-state index in [2.05, 4.69) is 4.98 Å². The minimum atomic E-state index is -0.459. The molecule has 8 nitrogen and oxygen atoms in total. The zero-order valence-corrected chi connectivity index (χ0v) is 17.8. The van der Waals surface area contributed by atoms with E-state index >= 15 is 0 Å². The Hall–Kier alpha value is -3.42. The number of ether oxygens (including phenoxy) is 1. The molecule has 2 aromatic rings. The number of piperidine rings is 1. The lowest BCUT2D eigenvalue weighted by Crippen LogP contribution is -2.71. The summed E-state index contributed by atoms with van der Waals surface area (Å²) in [4.78, 5) is 57.2. The van der Waals surface area contributed by atoms with Crippen molar-refractivity contribution in [2.45, 2.75) is 31.3 Å². The van der Waals surface area contributed by atoms with Gasteiger partial charge in [-0.25, -0.2) is 0 Å². The first-order valence-electron chi connectivity index (χ1n) is 10.9. The third-order valence-corrected chi connectivity index (χ3v) is 6.97. The Kier molecular flexibility index (Phi) is 5.07. The molecule has 6 rings (SSSR count). The van der Waals surface area contributed by atoms with E-state index in [1.807, 2.05) is 35.3 Å². The number of amides is 2. The number of rotatable bonds is 3. The van der Waals surface area contributed by atoms with Gasteiger partial charge in [0.1, 0.15) is 0 Å². The summed E-state index contributed by atoms with van der Waals surface area (Å²) in [5.41, 5.74) is 0.693.